The first-order chi connectivity index (χ1) is 9.06. The third-order valence-corrected chi connectivity index (χ3v) is 4.41. The molecule has 2 nitrogen and oxygen atoms in total. The minimum absolute atomic E-state index is 0.0444. The first-order valence-electron chi connectivity index (χ1n) is 6.79. The number of amides is 1. The smallest absolute Gasteiger partial charge is 0.224 e. The molecule has 104 valence electrons. The molecule has 1 saturated carbocycles. The van der Waals surface area contributed by atoms with Crippen LogP contribution in [0.1, 0.15) is 38.2 Å². The number of carbonyl (C=O) groups is 1. The standard InChI is InChI=1S/C15H19Cl2NO/c1-10-4-2-3-5-14(10)18-15(19)8-11-6-7-12(16)9-13(11)17/h6-7,9-10,14H,2-5,8H2,1H3,(H,18,19)/t10-,14-/m1/s1. The molecule has 0 saturated heterocycles. The van der Waals surface area contributed by atoms with Crippen LogP contribution in [0.2, 0.25) is 10.0 Å². The molecule has 0 bridgehead atoms. The number of rotatable bonds is 3. The average molecular weight is 300 g/mol. The number of hydrogen-bond acceptors (Lipinski definition) is 1. The van der Waals surface area contributed by atoms with Crippen molar-refractivity contribution in [3.05, 3.63) is 33.8 Å². The highest BCUT2D eigenvalue weighted by molar-refractivity contribution is 6.35. The molecular formula is C15H19Cl2NO. The zero-order valence-corrected chi connectivity index (χ0v) is 12.6. The zero-order chi connectivity index (χ0) is 13.8. The average Bonchev–Trinajstić information content (AvgIpc) is 2.36. The molecule has 2 atom stereocenters. The van der Waals surface area contributed by atoms with Crippen LogP contribution < -0.4 is 5.32 Å². The maximum Gasteiger partial charge on any atom is 0.224 e. The number of halogens is 2. The normalized spacial score (nSPS) is 23.1. The van der Waals surface area contributed by atoms with Crippen molar-refractivity contribution < 1.29 is 4.79 Å². The van der Waals surface area contributed by atoms with Gasteiger partial charge in [-0.15, -0.1) is 0 Å². The summed E-state index contributed by atoms with van der Waals surface area (Å²) in [7, 11) is 0. The van der Waals surface area contributed by atoms with Crippen molar-refractivity contribution >= 4 is 29.1 Å². The first-order valence-corrected chi connectivity index (χ1v) is 7.55. The van der Waals surface area contributed by atoms with Gasteiger partial charge in [0.15, 0.2) is 0 Å². The second-order valence-corrected chi connectivity index (χ2v) is 6.19. The van der Waals surface area contributed by atoms with E-state index in [1.807, 2.05) is 6.07 Å². The van der Waals surface area contributed by atoms with Crippen LogP contribution in [0.25, 0.3) is 0 Å². The molecule has 0 heterocycles. The highest BCUT2D eigenvalue weighted by Crippen LogP contribution is 2.24. The SMILES string of the molecule is C[C@@H]1CCCC[C@H]1NC(=O)Cc1ccc(Cl)cc1Cl. The molecule has 1 aromatic carbocycles. The Morgan fingerprint density at radius 3 is 2.74 bits per heavy atom. The molecule has 19 heavy (non-hydrogen) atoms. The van der Waals surface area contributed by atoms with Gasteiger partial charge >= 0.3 is 0 Å². The number of hydrogen-bond donors (Lipinski definition) is 1. The Bertz CT molecular complexity index is 461. The topological polar surface area (TPSA) is 29.1 Å². The van der Waals surface area contributed by atoms with Gasteiger partial charge in [0.05, 0.1) is 6.42 Å². The van der Waals surface area contributed by atoms with E-state index in [1.165, 1.54) is 19.3 Å². The Balaban J connectivity index is 1.93. The Morgan fingerprint density at radius 2 is 2.05 bits per heavy atom. The van der Waals surface area contributed by atoms with E-state index >= 15 is 0 Å². The predicted octanol–water partition coefficient (Wildman–Crippen LogP) is 4.23. The summed E-state index contributed by atoms with van der Waals surface area (Å²) in [6, 6.07) is 5.57. The summed E-state index contributed by atoms with van der Waals surface area (Å²) in [6.45, 7) is 2.21. The predicted molar refractivity (Wildman–Crippen MR) is 79.7 cm³/mol. The summed E-state index contributed by atoms with van der Waals surface area (Å²) >= 11 is 11.9. The van der Waals surface area contributed by atoms with Gasteiger partial charge in [0.25, 0.3) is 0 Å². The van der Waals surface area contributed by atoms with Crippen LogP contribution >= 0.6 is 23.2 Å². The molecule has 1 N–H and O–H groups in total. The van der Waals surface area contributed by atoms with E-state index in [9.17, 15) is 4.79 Å². The molecule has 0 unspecified atom stereocenters. The van der Waals surface area contributed by atoms with Crippen molar-refractivity contribution in [1.82, 2.24) is 5.32 Å². The minimum Gasteiger partial charge on any atom is -0.353 e. The summed E-state index contributed by atoms with van der Waals surface area (Å²) in [4.78, 5) is 12.1. The first kappa shape index (κ1) is 14.7. The molecular weight excluding hydrogens is 281 g/mol. The lowest BCUT2D eigenvalue weighted by atomic mass is 9.86. The van der Waals surface area contributed by atoms with Gasteiger partial charge in [-0.05, 0) is 36.5 Å². The Hall–Kier alpha value is -0.730. The van der Waals surface area contributed by atoms with Crippen LogP contribution in [-0.2, 0) is 11.2 Å². The largest absolute Gasteiger partial charge is 0.353 e. The van der Waals surface area contributed by atoms with Gasteiger partial charge in [0, 0.05) is 16.1 Å². The van der Waals surface area contributed by atoms with Crippen molar-refractivity contribution in [3.8, 4) is 0 Å². The lowest BCUT2D eigenvalue weighted by Gasteiger charge is -2.29. The van der Waals surface area contributed by atoms with Crippen LogP contribution in [0, 0.1) is 5.92 Å². The maximum atomic E-state index is 12.1. The summed E-state index contributed by atoms with van der Waals surface area (Å²) in [6.07, 6.45) is 5.08. The van der Waals surface area contributed by atoms with Gasteiger partial charge in [-0.3, -0.25) is 4.79 Å². The molecule has 0 aliphatic heterocycles. The number of nitrogens with one attached hydrogen (secondary N) is 1. The van der Waals surface area contributed by atoms with Crippen molar-refractivity contribution in [3.63, 3.8) is 0 Å². The van der Waals surface area contributed by atoms with Crippen LogP contribution in [0.4, 0.5) is 0 Å². The van der Waals surface area contributed by atoms with E-state index < -0.39 is 0 Å². The lowest BCUT2D eigenvalue weighted by molar-refractivity contribution is -0.121. The summed E-state index contributed by atoms with van der Waals surface area (Å²) in [5.74, 6) is 0.612. The van der Waals surface area contributed by atoms with Crippen LogP contribution in [0.5, 0.6) is 0 Å². The maximum absolute atomic E-state index is 12.1. The third kappa shape index (κ3) is 4.12. The molecule has 1 fully saturated rings. The van der Waals surface area contributed by atoms with Gasteiger partial charge in [-0.25, -0.2) is 0 Å². The van der Waals surface area contributed by atoms with E-state index in [1.54, 1.807) is 12.1 Å². The fraction of sp³-hybridized carbons (Fsp3) is 0.533. The monoisotopic (exact) mass is 299 g/mol. The molecule has 0 radical (unpaired) electrons. The van der Waals surface area contributed by atoms with Gasteiger partial charge in [-0.2, -0.15) is 0 Å². The molecule has 0 aromatic heterocycles. The van der Waals surface area contributed by atoms with Crippen molar-refractivity contribution in [2.75, 3.05) is 0 Å². The summed E-state index contributed by atoms with van der Waals surface area (Å²) in [5, 5.41) is 4.28. The molecule has 4 heteroatoms. The highest BCUT2D eigenvalue weighted by Gasteiger charge is 2.22. The highest BCUT2D eigenvalue weighted by atomic mass is 35.5. The van der Waals surface area contributed by atoms with Crippen LogP contribution in [0.15, 0.2) is 18.2 Å². The molecule has 1 amide bonds. The second-order valence-electron chi connectivity index (χ2n) is 5.35. The van der Waals surface area contributed by atoms with E-state index in [0.29, 0.717) is 28.4 Å². The van der Waals surface area contributed by atoms with E-state index in [-0.39, 0.29) is 5.91 Å². The molecule has 0 spiro atoms. The van der Waals surface area contributed by atoms with Crippen molar-refractivity contribution in [2.45, 2.75) is 45.1 Å². The Labute approximate surface area is 124 Å². The van der Waals surface area contributed by atoms with Crippen LogP contribution in [-0.4, -0.2) is 11.9 Å². The molecule has 1 aliphatic rings. The summed E-state index contributed by atoms with van der Waals surface area (Å²) < 4.78 is 0. The van der Waals surface area contributed by atoms with Crippen LogP contribution in [0.3, 0.4) is 0 Å². The lowest BCUT2D eigenvalue weighted by Crippen LogP contribution is -2.41. The Kier molecular flexibility index (Phi) is 5.12. The van der Waals surface area contributed by atoms with Crippen molar-refractivity contribution in [2.24, 2.45) is 5.92 Å². The third-order valence-electron chi connectivity index (χ3n) is 3.82. The Morgan fingerprint density at radius 1 is 1.32 bits per heavy atom. The van der Waals surface area contributed by atoms with Gasteiger partial charge in [0.1, 0.15) is 0 Å². The quantitative estimate of drug-likeness (QED) is 0.889. The second kappa shape index (κ2) is 6.62. The van der Waals surface area contributed by atoms with E-state index in [4.69, 9.17) is 23.2 Å². The van der Waals surface area contributed by atoms with Gasteiger partial charge < -0.3 is 5.32 Å². The zero-order valence-electron chi connectivity index (χ0n) is 11.1. The molecule has 2 rings (SSSR count). The van der Waals surface area contributed by atoms with E-state index in [2.05, 4.69) is 12.2 Å². The summed E-state index contributed by atoms with van der Waals surface area (Å²) in [5.41, 5.74) is 0.826. The number of carbonyl (C=O) groups excluding carboxylic acids is 1. The van der Waals surface area contributed by atoms with Gasteiger partial charge in [-0.1, -0.05) is 49.0 Å². The fourth-order valence-electron chi connectivity index (χ4n) is 2.63. The van der Waals surface area contributed by atoms with E-state index in [0.717, 1.165) is 12.0 Å². The number of benzene rings is 1. The minimum atomic E-state index is 0.0444. The molecule has 1 aromatic rings. The fourth-order valence-corrected chi connectivity index (χ4v) is 3.10. The molecule has 1 aliphatic carbocycles. The van der Waals surface area contributed by atoms with Crippen molar-refractivity contribution in [1.29, 1.82) is 0 Å². The van der Waals surface area contributed by atoms with Gasteiger partial charge in [0.2, 0.25) is 5.91 Å².